The molecular formula is C11H9BrN2OS2. The summed E-state index contributed by atoms with van der Waals surface area (Å²) in [7, 11) is 0. The van der Waals surface area contributed by atoms with E-state index < -0.39 is 0 Å². The molecule has 0 saturated carbocycles. The highest BCUT2D eigenvalue weighted by atomic mass is 79.9. The minimum absolute atomic E-state index is 0.0979. The van der Waals surface area contributed by atoms with E-state index in [1.54, 1.807) is 28.9 Å². The van der Waals surface area contributed by atoms with Gasteiger partial charge in [0, 0.05) is 9.75 Å². The summed E-state index contributed by atoms with van der Waals surface area (Å²) in [4.78, 5) is 13.5. The Morgan fingerprint density at radius 2 is 2.35 bits per heavy atom. The Morgan fingerprint density at radius 3 is 3.00 bits per heavy atom. The zero-order valence-corrected chi connectivity index (χ0v) is 11.9. The fourth-order valence-corrected chi connectivity index (χ4v) is 3.18. The van der Waals surface area contributed by atoms with Crippen LogP contribution in [0.4, 0.5) is 0 Å². The third-order valence-corrected chi connectivity index (χ3v) is 4.32. The lowest BCUT2D eigenvalue weighted by atomic mass is 10.3. The molecule has 0 unspecified atom stereocenters. The van der Waals surface area contributed by atoms with E-state index in [4.69, 9.17) is 0 Å². The van der Waals surface area contributed by atoms with Crippen molar-refractivity contribution in [1.82, 2.24) is 5.43 Å². The second-order valence-electron chi connectivity index (χ2n) is 3.19. The van der Waals surface area contributed by atoms with Gasteiger partial charge in [-0.1, -0.05) is 6.07 Å². The molecule has 88 valence electrons. The minimum atomic E-state index is -0.0979. The molecule has 2 rings (SSSR count). The molecule has 2 aromatic rings. The van der Waals surface area contributed by atoms with E-state index in [9.17, 15) is 4.79 Å². The van der Waals surface area contributed by atoms with Crippen molar-refractivity contribution in [2.75, 3.05) is 0 Å². The summed E-state index contributed by atoms with van der Waals surface area (Å²) >= 11 is 6.49. The normalized spacial score (nSPS) is 10.9. The second-order valence-corrected chi connectivity index (χ2v) is 6.72. The maximum Gasteiger partial charge on any atom is 0.245 e. The van der Waals surface area contributed by atoms with Crippen molar-refractivity contribution in [3.63, 3.8) is 0 Å². The van der Waals surface area contributed by atoms with Crippen molar-refractivity contribution >= 4 is 50.7 Å². The molecule has 0 aliphatic rings. The predicted molar refractivity (Wildman–Crippen MR) is 75.8 cm³/mol. The Morgan fingerprint density at radius 1 is 1.47 bits per heavy atom. The van der Waals surface area contributed by atoms with E-state index >= 15 is 0 Å². The topological polar surface area (TPSA) is 41.5 Å². The molecule has 0 fully saturated rings. The van der Waals surface area contributed by atoms with Crippen molar-refractivity contribution in [1.29, 1.82) is 0 Å². The van der Waals surface area contributed by atoms with Gasteiger partial charge in [-0.15, -0.1) is 22.7 Å². The summed E-state index contributed by atoms with van der Waals surface area (Å²) < 4.78 is 1.05. The van der Waals surface area contributed by atoms with Gasteiger partial charge in [0.1, 0.15) is 0 Å². The summed E-state index contributed by atoms with van der Waals surface area (Å²) in [5.41, 5.74) is 2.51. The smallest absolute Gasteiger partial charge is 0.245 e. The summed E-state index contributed by atoms with van der Waals surface area (Å²) in [6.07, 6.45) is 2.02. The van der Waals surface area contributed by atoms with E-state index in [-0.39, 0.29) is 5.91 Å². The first-order chi connectivity index (χ1) is 8.24. The molecular weight excluding hydrogens is 320 g/mol. The molecule has 0 aliphatic heterocycles. The molecule has 0 aromatic carbocycles. The number of nitrogens with one attached hydrogen (secondary N) is 1. The number of thiophene rings is 2. The van der Waals surface area contributed by atoms with E-state index in [2.05, 4.69) is 26.5 Å². The van der Waals surface area contributed by atoms with Crippen LogP contribution in [0.5, 0.6) is 0 Å². The van der Waals surface area contributed by atoms with Crippen LogP contribution in [-0.2, 0) is 11.2 Å². The second kappa shape index (κ2) is 6.09. The molecule has 0 saturated heterocycles. The number of carbonyl (C=O) groups is 1. The largest absolute Gasteiger partial charge is 0.273 e. The lowest BCUT2D eigenvalue weighted by Crippen LogP contribution is -2.19. The van der Waals surface area contributed by atoms with Crippen LogP contribution in [0.25, 0.3) is 0 Å². The Hall–Kier alpha value is -0.980. The molecule has 0 aliphatic carbocycles. The van der Waals surface area contributed by atoms with Gasteiger partial charge in [-0.25, -0.2) is 5.43 Å². The summed E-state index contributed by atoms with van der Waals surface area (Å²) in [6, 6.07) is 7.74. The van der Waals surface area contributed by atoms with Crippen molar-refractivity contribution < 1.29 is 4.79 Å². The van der Waals surface area contributed by atoms with Gasteiger partial charge in [-0.05, 0) is 39.5 Å². The third kappa shape index (κ3) is 4.07. The van der Waals surface area contributed by atoms with Crippen LogP contribution in [-0.4, -0.2) is 12.1 Å². The Balaban J connectivity index is 1.82. The highest BCUT2D eigenvalue weighted by Gasteiger charge is 2.02. The van der Waals surface area contributed by atoms with Gasteiger partial charge in [-0.2, -0.15) is 5.10 Å². The van der Waals surface area contributed by atoms with E-state index in [1.165, 1.54) is 0 Å². The number of hydrogen-bond acceptors (Lipinski definition) is 4. The van der Waals surface area contributed by atoms with Crippen LogP contribution in [0, 0.1) is 0 Å². The van der Waals surface area contributed by atoms with Crippen LogP contribution in [0.2, 0.25) is 0 Å². The van der Waals surface area contributed by atoms with Gasteiger partial charge in [0.15, 0.2) is 0 Å². The predicted octanol–water partition coefficient (Wildman–Crippen LogP) is 3.26. The maximum absolute atomic E-state index is 11.5. The van der Waals surface area contributed by atoms with E-state index in [0.29, 0.717) is 6.42 Å². The molecule has 3 nitrogen and oxygen atoms in total. The fourth-order valence-electron chi connectivity index (χ4n) is 1.18. The van der Waals surface area contributed by atoms with Crippen LogP contribution in [0.3, 0.4) is 0 Å². The number of hydrazone groups is 1. The molecule has 1 amide bonds. The quantitative estimate of drug-likeness (QED) is 0.679. The van der Waals surface area contributed by atoms with Gasteiger partial charge >= 0.3 is 0 Å². The molecule has 17 heavy (non-hydrogen) atoms. The monoisotopic (exact) mass is 328 g/mol. The molecule has 2 aromatic heterocycles. The number of nitrogens with zero attached hydrogens (tertiary/aromatic N) is 1. The number of hydrogen-bond donors (Lipinski definition) is 1. The first kappa shape index (κ1) is 12.5. The van der Waals surface area contributed by atoms with Crippen LogP contribution < -0.4 is 5.43 Å². The first-order valence-electron chi connectivity index (χ1n) is 4.83. The molecule has 0 bridgehead atoms. The van der Waals surface area contributed by atoms with Crippen LogP contribution in [0.15, 0.2) is 38.5 Å². The standard InChI is InChI=1S/C11H9BrN2OS2/c12-10-4-3-9(17-10)7-13-14-11(15)6-8-2-1-5-16-8/h1-5,7H,6H2,(H,14,15). The summed E-state index contributed by atoms with van der Waals surface area (Å²) in [5.74, 6) is -0.0979. The molecule has 1 N–H and O–H groups in total. The van der Waals surface area contributed by atoms with Crippen molar-refractivity contribution in [3.05, 3.63) is 43.2 Å². The number of halogens is 1. The fraction of sp³-hybridized carbons (Fsp3) is 0.0909. The van der Waals surface area contributed by atoms with Crippen LogP contribution in [0.1, 0.15) is 9.75 Å². The molecule has 6 heteroatoms. The van der Waals surface area contributed by atoms with Gasteiger partial charge in [0.25, 0.3) is 0 Å². The lowest BCUT2D eigenvalue weighted by Gasteiger charge is -1.96. The van der Waals surface area contributed by atoms with E-state index in [0.717, 1.165) is 13.5 Å². The average Bonchev–Trinajstić information content (AvgIpc) is 2.90. The number of carbonyl (C=O) groups excluding carboxylic acids is 1. The zero-order valence-electron chi connectivity index (χ0n) is 8.72. The average molecular weight is 329 g/mol. The van der Waals surface area contributed by atoms with Crippen molar-refractivity contribution in [2.24, 2.45) is 5.10 Å². The van der Waals surface area contributed by atoms with Crippen molar-refractivity contribution in [3.8, 4) is 0 Å². The summed E-state index contributed by atoms with van der Waals surface area (Å²) in [6.45, 7) is 0. The van der Waals surface area contributed by atoms with Gasteiger partial charge < -0.3 is 0 Å². The number of amides is 1. The first-order valence-corrected chi connectivity index (χ1v) is 7.32. The zero-order chi connectivity index (χ0) is 12.1. The van der Waals surface area contributed by atoms with Gasteiger partial charge in [-0.3, -0.25) is 4.79 Å². The maximum atomic E-state index is 11.5. The highest BCUT2D eigenvalue weighted by Crippen LogP contribution is 2.20. The molecule has 0 spiro atoms. The minimum Gasteiger partial charge on any atom is -0.273 e. The molecule has 0 radical (unpaired) electrons. The summed E-state index contributed by atoms with van der Waals surface area (Å²) in [5, 5.41) is 5.86. The van der Waals surface area contributed by atoms with Crippen molar-refractivity contribution in [2.45, 2.75) is 6.42 Å². The Bertz CT molecular complexity index is 519. The molecule has 0 atom stereocenters. The highest BCUT2D eigenvalue weighted by molar-refractivity contribution is 9.11. The van der Waals surface area contributed by atoms with E-state index in [1.807, 2.05) is 29.6 Å². The molecule has 2 heterocycles. The van der Waals surface area contributed by atoms with Gasteiger partial charge in [0.2, 0.25) is 5.91 Å². The Labute approximate surface area is 115 Å². The lowest BCUT2D eigenvalue weighted by molar-refractivity contribution is -0.120. The third-order valence-electron chi connectivity index (χ3n) is 1.89. The SMILES string of the molecule is O=C(Cc1cccs1)NN=Cc1ccc(Br)s1. The van der Waals surface area contributed by atoms with Gasteiger partial charge in [0.05, 0.1) is 16.4 Å². The number of rotatable bonds is 4. The van der Waals surface area contributed by atoms with Crippen LogP contribution >= 0.6 is 38.6 Å². The Kier molecular flexibility index (Phi) is 4.47.